The predicted molar refractivity (Wildman–Crippen MR) is 75.6 cm³/mol. The number of rotatable bonds is 3. The van der Waals surface area contributed by atoms with Gasteiger partial charge >= 0.3 is 0 Å². The average molecular weight is 287 g/mol. The second-order valence-electron chi connectivity index (χ2n) is 4.91. The largest absolute Gasteiger partial charge is 0.337 e. The molecule has 1 aliphatic rings. The number of carbonyl (C=O) groups excluding carboxylic acids is 1. The van der Waals surface area contributed by atoms with E-state index in [2.05, 4.69) is 25.0 Å². The normalized spacial score (nSPS) is 16.8. The van der Waals surface area contributed by atoms with E-state index in [-0.39, 0.29) is 11.9 Å². The van der Waals surface area contributed by atoms with Crippen LogP contribution in [0.5, 0.6) is 0 Å². The van der Waals surface area contributed by atoms with Crippen LogP contribution in [0.25, 0.3) is 0 Å². The Morgan fingerprint density at radius 3 is 2.52 bits per heavy atom. The molecule has 2 aromatic rings. The Hall–Kier alpha value is -2.51. The maximum absolute atomic E-state index is 12.4. The van der Waals surface area contributed by atoms with Gasteiger partial charge in [-0.05, 0) is 13.0 Å². The molecule has 1 fully saturated rings. The number of nitrogens with zero attached hydrogens (tertiary/aromatic N) is 7. The van der Waals surface area contributed by atoms with Gasteiger partial charge in [0.25, 0.3) is 0 Å². The molecule has 0 radical (unpaired) electrons. The van der Waals surface area contributed by atoms with Crippen molar-refractivity contribution in [3.63, 3.8) is 0 Å². The van der Waals surface area contributed by atoms with Gasteiger partial charge < -0.3 is 9.80 Å². The third-order valence-corrected chi connectivity index (χ3v) is 3.62. The molecule has 0 bridgehead atoms. The fraction of sp³-hybridized carbons (Fsp3) is 0.462. The molecule has 8 nitrogen and oxygen atoms in total. The lowest BCUT2D eigenvalue weighted by Crippen LogP contribution is -2.50. The van der Waals surface area contributed by atoms with E-state index in [9.17, 15) is 4.79 Å². The van der Waals surface area contributed by atoms with Gasteiger partial charge in [-0.2, -0.15) is 5.10 Å². The molecular weight excluding hydrogens is 270 g/mol. The van der Waals surface area contributed by atoms with E-state index in [1.54, 1.807) is 29.5 Å². The summed E-state index contributed by atoms with van der Waals surface area (Å²) in [5.41, 5.74) is 0. The quantitative estimate of drug-likeness (QED) is 0.789. The lowest BCUT2D eigenvalue weighted by atomic mass is 10.2. The molecule has 0 N–H and O–H groups in total. The van der Waals surface area contributed by atoms with Crippen LogP contribution in [0.1, 0.15) is 13.0 Å². The summed E-state index contributed by atoms with van der Waals surface area (Å²) in [4.78, 5) is 28.7. The Morgan fingerprint density at radius 1 is 1.19 bits per heavy atom. The van der Waals surface area contributed by atoms with E-state index >= 15 is 0 Å². The van der Waals surface area contributed by atoms with Crippen molar-refractivity contribution >= 4 is 11.9 Å². The first-order valence-corrected chi connectivity index (χ1v) is 6.90. The molecule has 0 unspecified atom stereocenters. The number of aromatic nitrogens is 5. The molecule has 1 atom stereocenters. The van der Waals surface area contributed by atoms with Crippen LogP contribution in [-0.2, 0) is 4.79 Å². The van der Waals surface area contributed by atoms with Crippen LogP contribution >= 0.6 is 0 Å². The summed E-state index contributed by atoms with van der Waals surface area (Å²) in [5.74, 6) is 0.781. The van der Waals surface area contributed by atoms with Crippen LogP contribution in [0.4, 0.5) is 5.95 Å². The van der Waals surface area contributed by atoms with Gasteiger partial charge in [-0.15, -0.1) is 0 Å². The Bertz CT molecular complexity index is 578. The second kappa shape index (κ2) is 5.86. The van der Waals surface area contributed by atoms with E-state index < -0.39 is 0 Å². The van der Waals surface area contributed by atoms with Crippen molar-refractivity contribution in [3.8, 4) is 0 Å². The maximum atomic E-state index is 12.4. The summed E-state index contributed by atoms with van der Waals surface area (Å²) in [7, 11) is 0. The molecule has 2 aromatic heterocycles. The van der Waals surface area contributed by atoms with Gasteiger partial charge in [-0.3, -0.25) is 4.79 Å². The van der Waals surface area contributed by atoms with Crippen molar-refractivity contribution in [2.45, 2.75) is 13.0 Å². The standard InChI is InChI=1S/C13H17N7O/c1-11(20-10-14-9-17-20)12(21)18-5-7-19(8-6-18)13-15-3-2-4-16-13/h2-4,9-11H,5-8H2,1H3/t11-/m0/s1. The highest BCUT2D eigenvalue weighted by atomic mass is 16.2. The third-order valence-electron chi connectivity index (χ3n) is 3.62. The van der Waals surface area contributed by atoms with Crippen LogP contribution in [0.2, 0.25) is 0 Å². The summed E-state index contributed by atoms with van der Waals surface area (Å²) in [6.45, 7) is 4.63. The zero-order valence-electron chi connectivity index (χ0n) is 11.8. The van der Waals surface area contributed by atoms with Crippen LogP contribution in [0, 0.1) is 0 Å². The molecule has 3 rings (SSSR count). The van der Waals surface area contributed by atoms with Crippen molar-refractivity contribution in [3.05, 3.63) is 31.1 Å². The van der Waals surface area contributed by atoms with Crippen molar-refractivity contribution in [1.82, 2.24) is 29.6 Å². The van der Waals surface area contributed by atoms with E-state index in [4.69, 9.17) is 0 Å². The van der Waals surface area contributed by atoms with Gasteiger partial charge in [0.2, 0.25) is 11.9 Å². The zero-order chi connectivity index (χ0) is 14.7. The maximum Gasteiger partial charge on any atom is 0.247 e. The molecule has 0 aliphatic carbocycles. The topological polar surface area (TPSA) is 80.0 Å². The minimum Gasteiger partial charge on any atom is -0.337 e. The predicted octanol–water partition coefficient (Wildman–Crippen LogP) is -0.0221. The summed E-state index contributed by atoms with van der Waals surface area (Å²) in [5, 5.41) is 4.02. The second-order valence-corrected chi connectivity index (χ2v) is 4.91. The van der Waals surface area contributed by atoms with Crippen LogP contribution in [-0.4, -0.2) is 61.7 Å². The SMILES string of the molecule is C[C@@H](C(=O)N1CCN(c2ncccn2)CC1)n1cncn1. The van der Waals surface area contributed by atoms with E-state index in [0.29, 0.717) is 19.0 Å². The lowest BCUT2D eigenvalue weighted by molar-refractivity contribution is -0.134. The van der Waals surface area contributed by atoms with Crippen molar-refractivity contribution in [1.29, 1.82) is 0 Å². The molecule has 21 heavy (non-hydrogen) atoms. The number of amides is 1. The first kappa shape index (κ1) is 13.5. The van der Waals surface area contributed by atoms with E-state index in [1.807, 2.05) is 11.8 Å². The number of hydrogen-bond acceptors (Lipinski definition) is 6. The van der Waals surface area contributed by atoms with E-state index in [1.165, 1.54) is 6.33 Å². The fourth-order valence-electron chi connectivity index (χ4n) is 2.38. The monoisotopic (exact) mass is 287 g/mol. The highest BCUT2D eigenvalue weighted by molar-refractivity contribution is 5.80. The molecule has 0 spiro atoms. The molecule has 8 heteroatoms. The van der Waals surface area contributed by atoms with Gasteiger partial charge in [-0.1, -0.05) is 0 Å². The number of hydrogen-bond donors (Lipinski definition) is 0. The van der Waals surface area contributed by atoms with Crippen LogP contribution in [0.15, 0.2) is 31.1 Å². The Morgan fingerprint density at radius 2 is 1.90 bits per heavy atom. The minimum absolute atomic E-state index is 0.0640. The molecule has 0 saturated carbocycles. The summed E-state index contributed by atoms with van der Waals surface area (Å²) >= 11 is 0. The minimum atomic E-state index is -0.327. The zero-order valence-corrected chi connectivity index (χ0v) is 11.8. The molecule has 0 aromatic carbocycles. The van der Waals surface area contributed by atoms with Gasteiger partial charge in [-0.25, -0.2) is 19.6 Å². The Balaban J connectivity index is 1.59. The van der Waals surface area contributed by atoms with Crippen LogP contribution in [0.3, 0.4) is 0 Å². The average Bonchev–Trinajstić information content (AvgIpc) is 3.09. The fourth-order valence-corrected chi connectivity index (χ4v) is 2.38. The van der Waals surface area contributed by atoms with Crippen molar-refractivity contribution in [2.75, 3.05) is 31.1 Å². The third kappa shape index (κ3) is 2.83. The van der Waals surface area contributed by atoms with E-state index in [0.717, 1.165) is 13.1 Å². The molecule has 3 heterocycles. The number of anilines is 1. The Kier molecular flexibility index (Phi) is 3.76. The van der Waals surface area contributed by atoms with Gasteiger partial charge in [0.05, 0.1) is 0 Å². The lowest BCUT2D eigenvalue weighted by Gasteiger charge is -2.35. The molecular formula is C13H17N7O. The number of carbonyl (C=O) groups is 1. The van der Waals surface area contributed by atoms with Gasteiger partial charge in [0.15, 0.2) is 0 Å². The van der Waals surface area contributed by atoms with Crippen LogP contribution < -0.4 is 4.90 Å². The highest BCUT2D eigenvalue weighted by Gasteiger charge is 2.26. The first-order chi connectivity index (χ1) is 10.3. The highest BCUT2D eigenvalue weighted by Crippen LogP contribution is 2.13. The molecule has 1 aliphatic heterocycles. The number of piperazine rings is 1. The summed E-state index contributed by atoms with van der Waals surface area (Å²) < 4.78 is 1.58. The first-order valence-electron chi connectivity index (χ1n) is 6.90. The van der Waals surface area contributed by atoms with Gasteiger partial charge in [0.1, 0.15) is 18.7 Å². The summed E-state index contributed by atoms with van der Waals surface area (Å²) in [6, 6.07) is 1.47. The molecule has 1 saturated heterocycles. The molecule has 1 amide bonds. The molecule has 110 valence electrons. The smallest absolute Gasteiger partial charge is 0.247 e. The van der Waals surface area contributed by atoms with Crippen molar-refractivity contribution in [2.24, 2.45) is 0 Å². The van der Waals surface area contributed by atoms with Gasteiger partial charge in [0, 0.05) is 38.6 Å². The van der Waals surface area contributed by atoms with Crippen molar-refractivity contribution < 1.29 is 4.79 Å². The Labute approximate surface area is 122 Å². The summed E-state index contributed by atoms with van der Waals surface area (Å²) in [6.07, 6.45) is 6.46.